The van der Waals surface area contributed by atoms with Gasteiger partial charge in [0.15, 0.2) is 0 Å². The van der Waals surface area contributed by atoms with Crippen LogP contribution in [-0.2, 0) is 6.54 Å². The van der Waals surface area contributed by atoms with Gasteiger partial charge in [0, 0.05) is 24.4 Å². The molecule has 0 atom stereocenters. The Balaban J connectivity index is 1.56. The minimum absolute atomic E-state index is 0.192. The number of aromatic nitrogens is 3. The van der Waals surface area contributed by atoms with Crippen LogP contribution >= 0.6 is 11.3 Å². The van der Waals surface area contributed by atoms with Crippen molar-refractivity contribution in [2.75, 3.05) is 5.32 Å². The number of hydrogen-bond donors (Lipinski definition) is 1. The molecule has 0 aliphatic rings. The van der Waals surface area contributed by atoms with E-state index < -0.39 is 0 Å². The van der Waals surface area contributed by atoms with Crippen LogP contribution in [-0.4, -0.2) is 14.6 Å². The largest absolute Gasteiger partial charge is 0.457 e. The van der Waals surface area contributed by atoms with Crippen molar-refractivity contribution in [1.29, 1.82) is 0 Å². The summed E-state index contributed by atoms with van der Waals surface area (Å²) < 4.78 is 7.38. The molecule has 0 aliphatic carbocycles. The Hall–Kier alpha value is -3.19. The van der Waals surface area contributed by atoms with Crippen molar-refractivity contribution in [3.63, 3.8) is 0 Å². The third-order valence-corrected chi connectivity index (χ3v) is 4.77. The summed E-state index contributed by atoms with van der Waals surface area (Å²) in [6.07, 6.45) is 1.49. The van der Waals surface area contributed by atoms with Gasteiger partial charge in [-0.25, -0.2) is 4.98 Å². The van der Waals surface area contributed by atoms with Gasteiger partial charge in [0.25, 0.3) is 5.56 Å². The fourth-order valence-corrected chi connectivity index (χ4v) is 3.30. The molecule has 0 saturated carbocycles. The predicted molar refractivity (Wildman–Crippen MR) is 102 cm³/mol. The van der Waals surface area contributed by atoms with E-state index in [1.165, 1.54) is 28.1 Å². The number of fused-ring (bicyclic) bond motifs is 1. The van der Waals surface area contributed by atoms with Crippen molar-refractivity contribution in [3.05, 3.63) is 82.3 Å². The maximum Gasteiger partial charge on any atom is 0.275 e. The van der Waals surface area contributed by atoms with Crippen LogP contribution in [0.15, 0.2) is 65.6 Å². The second-order valence-corrected chi connectivity index (χ2v) is 6.67. The quantitative estimate of drug-likeness (QED) is 0.582. The van der Waals surface area contributed by atoms with Crippen molar-refractivity contribution in [3.8, 4) is 11.5 Å². The van der Waals surface area contributed by atoms with Crippen LogP contribution in [0.3, 0.4) is 0 Å². The van der Waals surface area contributed by atoms with Crippen LogP contribution in [0.5, 0.6) is 11.5 Å². The molecule has 6 nitrogen and oxygen atoms in total. The third-order valence-electron chi connectivity index (χ3n) is 3.89. The molecule has 0 bridgehead atoms. The minimum atomic E-state index is -0.192. The van der Waals surface area contributed by atoms with E-state index in [4.69, 9.17) is 4.74 Å². The molecule has 0 saturated heterocycles. The zero-order valence-electron chi connectivity index (χ0n) is 14.0. The van der Waals surface area contributed by atoms with Crippen LogP contribution in [0.2, 0.25) is 0 Å². The van der Waals surface area contributed by atoms with E-state index in [0.29, 0.717) is 16.6 Å². The van der Waals surface area contributed by atoms with Gasteiger partial charge in [0.1, 0.15) is 11.5 Å². The number of benzene rings is 2. The highest BCUT2D eigenvalue weighted by Crippen LogP contribution is 2.28. The fourth-order valence-electron chi connectivity index (χ4n) is 2.52. The highest BCUT2D eigenvalue weighted by molar-refractivity contribution is 7.20. The van der Waals surface area contributed by atoms with Crippen LogP contribution < -0.4 is 15.6 Å². The predicted octanol–water partition coefficient (Wildman–Crippen LogP) is 3.86. The van der Waals surface area contributed by atoms with Gasteiger partial charge in [-0.1, -0.05) is 47.7 Å². The first-order valence-electron chi connectivity index (χ1n) is 8.11. The lowest BCUT2D eigenvalue weighted by atomic mass is 10.2. The smallest absolute Gasteiger partial charge is 0.275 e. The van der Waals surface area contributed by atoms with Gasteiger partial charge < -0.3 is 10.1 Å². The Kier molecular flexibility index (Phi) is 4.37. The lowest BCUT2D eigenvalue weighted by molar-refractivity contribution is 0.473. The monoisotopic (exact) mass is 364 g/mol. The van der Waals surface area contributed by atoms with Gasteiger partial charge >= 0.3 is 0 Å². The zero-order valence-corrected chi connectivity index (χ0v) is 14.9. The molecular weight excluding hydrogens is 348 g/mol. The van der Waals surface area contributed by atoms with Gasteiger partial charge in [0.2, 0.25) is 10.1 Å². The second-order valence-electron chi connectivity index (χ2n) is 5.71. The van der Waals surface area contributed by atoms with Crippen LogP contribution in [0.4, 0.5) is 5.13 Å². The molecule has 0 aliphatic heterocycles. The van der Waals surface area contributed by atoms with Gasteiger partial charge in [-0.15, -0.1) is 5.10 Å². The number of aryl methyl sites for hydroxylation is 1. The summed E-state index contributed by atoms with van der Waals surface area (Å²) in [4.78, 5) is 16.5. The van der Waals surface area contributed by atoms with Crippen LogP contribution in [0.1, 0.15) is 11.1 Å². The number of hydrogen-bond acceptors (Lipinski definition) is 6. The molecule has 26 heavy (non-hydrogen) atoms. The van der Waals surface area contributed by atoms with E-state index in [1.807, 2.05) is 55.5 Å². The molecule has 4 aromatic rings. The summed E-state index contributed by atoms with van der Waals surface area (Å²) in [7, 11) is 0. The Morgan fingerprint density at radius 2 is 1.85 bits per heavy atom. The molecule has 2 aromatic carbocycles. The molecule has 4 rings (SSSR count). The average Bonchev–Trinajstić information content (AvgIpc) is 3.07. The summed E-state index contributed by atoms with van der Waals surface area (Å²) >= 11 is 1.33. The molecule has 0 spiro atoms. The third kappa shape index (κ3) is 3.29. The Labute approximate surface area is 153 Å². The first kappa shape index (κ1) is 16.3. The second kappa shape index (κ2) is 6.97. The molecule has 0 fully saturated rings. The Morgan fingerprint density at radius 3 is 2.65 bits per heavy atom. The molecule has 2 heterocycles. The fraction of sp³-hybridized carbons (Fsp3) is 0.105. The van der Waals surface area contributed by atoms with Gasteiger partial charge in [-0.2, -0.15) is 4.52 Å². The lowest BCUT2D eigenvalue weighted by Gasteiger charge is -2.13. The zero-order chi connectivity index (χ0) is 17.9. The van der Waals surface area contributed by atoms with E-state index in [9.17, 15) is 4.79 Å². The van der Waals surface area contributed by atoms with Crippen molar-refractivity contribution >= 4 is 21.4 Å². The summed E-state index contributed by atoms with van der Waals surface area (Å²) in [5.74, 6) is 1.61. The van der Waals surface area contributed by atoms with Crippen LogP contribution in [0, 0.1) is 6.92 Å². The first-order valence-corrected chi connectivity index (χ1v) is 8.92. The van der Waals surface area contributed by atoms with E-state index in [2.05, 4.69) is 15.4 Å². The minimum Gasteiger partial charge on any atom is -0.457 e. The molecule has 0 unspecified atom stereocenters. The molecule has 0 radical (unpaired) electrons. The van der Waals surface area contributed by atoms with E-state index in [1.54, 1.807) is 0 Å². The highest BCUT2D eigenvalue weighted by Gasteiger charge is 2.09. The maximum atomic E-state index is 11.8. The number of ether oxygens (including phenoxy) is 1. The highest BCUT2D eigenvalue weighted by atomic mass is 32.1. The molecule has 1 N–H and O–H groups in total. The summed E-state index contributed by atoms with van der Waals surface area (Å²) in [6.45, 7) is 2.54. The topological polar surface area (TPSA) is 68.5 Å². The SMILES string of the molecule is Cc1ccccc1Oc1ccccc1CNc1nn2c(=O)ccnc2s1. The summed E-state index contributed by atoms with van der Waals surface area (Å²) in [6, 6.07) is 17.1. The van der Waals surface area contributed by atoms with E-state index in [-0.39, 0.29) is 5.56 Å². The van der Waals surface area contributed by atoms with E-state index >= 15 is 0 Å². The van der Waals surface area contributed by atoms with Gasteiger partial charge in [0.05, 0.1) is 0 Å². The first-order chi connectivity index (χ1) is 12.7. The van der Waals surface area contributed by atoms with Crippen LogP contribution in [0.25, 0.3) is 4.96 Å². The molecule has 0 amide bonds. The van der Waals surface area contributed by atoms with Crippen molar-refractivity contribution in [1.82, 2.24) is 14.6 Å². The number of para-hydroxylation sites is 2. The summed E-state index contributed by atoms with van der Waals surface area (Å²) in [5, 5.41) is 8.14. The molecule has 2 aromatic heterocycles. The standard InChI is InChI=1S/C19H16N4O2S/c1-13-6-2-4-8-15(13)25-16-9-5-3-7-14(16)12-21-18-22-23-17(24)10-11-20-19(23)26-18/h2-11H,12H2,1H3,(H,21,22). The van der Waals surface area contributed by atoms with Crippen molar-refractivity contribution in [2.24, 2.45) is 0 Å². The molecular formula is C19H16N4O2S. The van der Waals surface area contributed by atoms with Gasteiger partial charge in [-0.05, 0) is 24.6 Å². The Morgan fingerprint density at radius 1 is 1.08 bits per heavy atom. The van der Waals surface area contributed by atoms with Crippen molar-refractivity contribution < 1.29 is 4.74 Å². The molecule has 7 heteroatoms. The number of rotatable bonds is 5. The Bertz CT molecular complexity index is 1120. The average molecular weight is 364 g/mol. The van der Waals surface area contributed by atoms with Gasteiger partial charge in [-0.3, -0.25) is 4.79 Å². The number of anilines is 1. The number of nitrogens with zero attached hydrogens (tertiary/aromatic N) is 3. The molecule has 130 valence electrons. The number of nitrogens with one attached hydrogen (secondary N) is 1. The van der Waals surface area contributed by atoms with Crippen molar-refractivity contribution in [2.45, 2.75) is 13.5 Å². The lowest BCUT2D eigenvalue weighted by Crippen LogP contribution is -2.12. The summed E-state index contributed by atoms with van der Waals surface area (Å²) in [5.41, 5.74) is 1.88. The maximum absolute atomic E-state index is 11.8. The van der Waals surface area contributed by atoms with E-state index in [0.717, 1.165) is 22.6 Å². The normalized spacial score (nSPS) is 10.8.